The van der Waals surface area contributed by atoms with Gasteiger partial charge in [0.05, 0.1) is 19.4 Å². The average Bonchev–Trinajstić information content (AvgIpc) is 2.90. The number of hydrogen-bond acceptors (Lipinski definition) is 5. The zero-order valence-electron chi connectivity index (χ0n) is 20.2. The Morgan fingerprint density at radius 3 is 1.89 bits per heavy atom. The van der Waals surface area contributed by atoms with E-state index in [0.29, 0.717) is 5.56 Å². The van der Waals surface area contributed by atoms with Crippen molar-refractivity contribution in [1.29, 1.82) is 0 Å². The SMILES string of the molecule is O=C(N[C@H](Cc1ccccc1)P(=O)(O)C/C(=C\COCc1ccccc1)C(=O)O)OCc1ccccc1. The summed E-state index contributed by atoms with van der Waals surface area (Å²) in [6.45, 7) is 0.207. The number of hydrogen-bond donors (Lipinski definition) is 3. The zero-order chi connectivity index (χ0) is 26.5. The van der Waals surface area contributed by atoms with E-state index in [0.717, 1.165) is 11.1 Å². The van der Waals surface area contributed by atoms with Crippen LogP contribution in [0.4, 0.5) is 4.79 Å². The van der Waals surface area contributed by atoms with Crippen LogP contribution in [-0.2, 0) is 38.5 Å². The molecule has 3 rings (SSSR count). The molecule has 9 heteroatoms. The van der Waals surface area contributed by atoms with Crippen LogP contribution in [0, 0.1) is 0 Å². The normalized spacial score (nSPS) is 13.8. The maximum absolute atomic E-state index is 13.4. The quantitative estimate of drug-likeness (QED) is 0.164. The van der Waals surface area contributed by atoms with Crippen molar-refractivity contribution >= 4 is 19.4 Å². The van der Waals surface area contributed by atoms with Crippen molar-refractivity contribution in [2.45, 2.75) is 25.4 Å². The maximum Gasteiger partial charge on any atom is 0.408 e. The van der Waals surface area contributed by atoms with E-state index < -0.39 is 31.4 Å². The molecule has 1 amide bonds. The molecule has 0 aliphatic heterocycles. The summed E-state index contributed by atoms with van der Waals surface area (Å²) in [7, 11) is -4.25. The Labute approximate surface area is 216 Å². The molecule has 0 aromatic heterocycles. The van der Waals surface area contributed by atoms with E-state index in [1.54, 1.807) is 54.6 Å². The number of ether oxygens (including phenoxy) is 2. The van der Waals surface area contributed by atoms with E-state index in [1.807, 2.05) is 36.4 Å². The number of rotatable bonds is 13. The fourth-order valence-corrected chi connectivity index (χ4v) is 5.29. The number of carbonyl (C=O) groups excluding carboxylic acids is 1. The first kappa shape index (κ1) is 27.9. The van der Waals surface area contributed by atoms with Gasteiger partial charge in [-0.2, -0.15) is 0 Å². The molecular formula is C28H30NO7P. The van der Waals surface area contributed by atoms with Gasteiger partial charge in [0.1, 0.15) is 12.4 Å². The molecule has 0 saturated heterocycles. The minimum Gasteiger partial charge on any atom is -0.478 e. The molecule has 0 spiro atoms. The van der Waals surface area contributed by atoms with Gasteiger partial charge in [0.15, 0.2) is 0 Å². The summed E-state index contributed by atoms with van der Waals surface area (Å²) < 4.78 is 24.2. The van der Waals surface area contributed by atoms with Crippen molar-refractivity contribution in [3.05, 3.63) is 119 Å². The molecule has 3 aromatic rings. The lowest BCUT2D eigenvalue weighted by Crippen LogP contribution is -2.37. The molecule has 0 fully saturated rings. The number of alkyl carbamates (subject to hydrolysis) is 1. The van der Waals surface area contributed by atoms with Gasteiger partial charge in [-0.25, -0.2) is 9.59 Å². The number of amides is 1. The molecule has 8 nitrogen and oxygen atoms in total. The van der Waals surface area contributed by atoms with Crippen LogP contribution in [-0.4, -0.2) is 40.6 Å². The minimum absolute atomic E-state index is 0.0144. The standard InChI is InChI=1S/C28H30NO7P/c30-27(31)25(16-17-35-19-23-12-6-2-7-13-23)21-37(33,34)26(18-22-10-4-1-5-11-22)29-28(32)36-20-24-14-8-3-9-15-24/h1-16,26H,17-21H2,(H,29,32)(H,30,31)(H,33,34)/b25-16+/t26-/m0/s1. The zero-order valence-corrected chi connectivity index (χ0v) is 21.1. The van der Waals surface area contributed by atoms with E-state index in [-0.39, 0.29) is 31.8 Å². The van der Waals surface area contributed by atoms with Crippen LogP contribution in [0.5, 0.6) is 0 Å². The molecule has 0 bridgehead atoms. The molecular weight excluding hydrogens is 493 g/mol. The Morgan fingerprint density at radius 1 is 0.838 bits per heavy atom. The Balaban J connectivity index is 1.68. The van der Waals surface area contributed by atoms with Gasteiger partial charge in [-0.1, -0.05) is 91.0 Å². The van der Waals surface area contributed by atoms with Gasteiger partial charge in [0.25, 0.3) is 0 Å². The third kappa shape index (κ3) is 9.69. The summed E-state index contributed by atoms with van der Waals surface area (Å²) in [6, 6.07) is 27.2. The molecule has 0 saturated carbocycles. The van der Waals surface area contributed by atoms with Gasteiger partial charge in [0.2, 0.25) is 7.37 Å². The van der Waals surface area contributed by atoms with Crippen LogP contribution in [0.3, 0.4) is 0 Å². The second kappa shape index (κ2) is 14.1. The lowest BCUT2D eigenvalue weighted by Gasteiger charge is -2.24. The van der Waals surface area contributed by atoms with Gasteiger partial charge in [-0.3, -0.25) is 4.57 Å². The average molecular weight is 524 g/mol. The van der Waals surface area contributed by atoms with E-state index in [1.165, 1.54) is 6.08 Å². The second-order valence-electron chi connectivity index (χ2n) is 8.36. The van der Waals surface area contributed by atoms with Crippen molar-refractivity contribution in [1.82, 2.24) is 5.32 Å². The van der Waals surface area contributed by atoms with Crippen LogP contribution in [0.2, 0.25) is 0 Å². The molecule has 0 heterocycles. The van der Waals surface area contributed by atoms with E-state index in [9.17, 15) is 24.2 Å². The summed E-state index contributed by atoms with van der Waals surface area (Å²) in [6.07, 6.45) is -0.215. The van der Waals surface area contributed by atoms with Crippen LogP contribution in [0.15, 0.2) is 103 Å². The predicted octanol–water partition coefficient (Wildman–Crippen LogP) is 4.98. The molecule has 0 radical (unpaired) electrons. The van der Waals surface area contributed by atoms with E-state index in [4.69, 9.17) is 9.47 Å². The summed E-state index contributed by atoms with van der Waals surface area (Å²) in [5, 5.41) is 12.1. The fraction of sp³-hybridized carbons (Fsp3) is 0.214. The molecule has 0 aliphatic rings. The third-order valence-electron chi connectivity index (χ3n) is 5.49. The Bertz CT molecular complexity index is 1220. The van der Waals surface area contributed by atoms with Crippen molar-refractivity contribution in [3.8, 4) is 0 Å². The number of carboxylic acid groups (broad SMARTS) is 1. The smallest absolute Gasteiger partial charge is 0.408 e. The second-order valence-corrected chi connectivity index (χ2v) is 10.8. The van der Waals surface area contributed by atoms with Crippen molar-refractivity contribution in [2.75, 3.05) is 12.8 Å². The Hall–Kier alpha value is -3.71. The maximum atomic E-state index is 13.4. The van der Waals surface area contributed by atoms with E-state index >= 15 is 0 Å². The summed E-state index contributed by atoms with van der Waals surface area (Å²) >= 11 is 0. The van der Waals surface area contributed by atoms with Gasteiger partial charge in [-0.05, 0) is 22.8 Å². The first-order chi connectivity index (χ1) is 17.8. The number of benzene rings is 3. The predicted molar refractivity (Wildman–Crippen MR) is 140 cm³/mol. The molecule has 1 unspecified atom stereocenters. The fourth-order valence-electron chi connectivity index (χ4n) is 3.52. The highest BCUT2D eigenvalue weighted by Gasteiger charge is 2.35. The topological polar surface area (TPSA) is 122 Å². The van der Waals surface area contributed by atoms with Crippen LogP contribution in [0.1, 0.15) is 16.7 Å². The summed E-state index contributed by atoms with van der Waals surface area (Å²) in [4.78, 5) is 35.3. The molecule has 2 atom stereocenters. The summed E-state index contributed by atoms with van der Waals surface area (Å²) in [5.41, 5.74) is 2.12. The Morgan fingerprint density at radius 2 is 1.35 bits per heavy atom. The van der Waals surface area contributed by atoms with Gasteiger partial charge < -0.3 is 24.8 Å². The molecule has 0 aliphatic carbocycles. The van der Waals surface area contributed by atoms with Gasteiger partial charge in [0, 0.05) is 12.0 Å². The number of carboxylic acids is 1. The highest BCUT2D eigenvalue weighted by atomic mass is 31.2. The largest absolute Gasteiger partial charge is 0.478 e. The number of aliphatic carboxylic acids is 1. The monoisotopic (exact) mass is 523 g/mol. The first-order valence-corrected chi connectivity index (χ1v) is 13.6. The number of nitrogens with one attached hydrogen (secondary N) is 1. The molecule has 194 valence electrons. The number of carbonyl (C=O) groups is 2. The van der Waals surface area contributed by atoms with Gasteiger partial charge in [-0.15, -0.1) is 0 Å². The van der Waals surface area contributed by atoms with Crippen molar-refractivity contribution < 1.29 is 33.6 Å². The van der Waals surface area contributed by atoms with Crippen molar-refractivity contribution in [3.63, 3.8) is 0 Å². The summed E-state index contributed by atoms with van der Waals surface area (Å²) in [5.74, 6) is -2.59. The Kier molecular flexibility index (Phi) is 10.6. The third-order valence-corrected chi connectivity index (χ3v) is 7.57. The van der Waals surface area contributed by atoms with E-state index in [2.05, 4.69) is 5.32 Å². The highest BCUT2D eigenvalue weighted by Crippen LogP contribution is 2.48. The van der Waals surface area contributed by atoms with Crippen LogP contribution >= 0.6 is 7.37 Å². The minimum atomic E-state index is -4.25. The lowest BCUT2D eigenvalue weighted by atomic mass is 10.1. The highest BCUT2D eigenvalue weighted by molar-refractivity contribution is 7.59. The van der Waals surface area contributed by atoms with Crippen LogP contribution in [0.25, 0.3) is 0 Å². The van der Waals surface area contributed by atoms with Gasteiger partial charge >= 0.3 is 12.1 Å². The molecule has 3 aromatic carbocycles. The lowest BCUT2D eigenvalue weighted by molar-refractivity contribution is -0.132. The first-order valence-electron chi connectivity index (χ1n) is 11.7. The van der Waals surface area contributed by atoms with Crippen LogP contribution < -0.4 is 5.32 Å². The molecule has 37 heavy (non-hydrogen) atoms. The molecule has 3 N–H and O–H groups in total. The van der Waals surface area contributed by atoms with Crippen molar-refractivity contribution in [2.24, 2.45) is 0 Å².